The van der Waals surface area contributed by atoms with E-state index in [9.17, 15) is 4.79 Å². The number of nitrogens with zero attached hydrogens (tertiary/aromatic N) is 5. The summed E-state index contributed by atoms with van der Waals surface area (Å²) < 4.78 is 1.73. The first-order valence-electron chi connectivity index (χ1n) is 8.32. The average molecular weight is 380 g/mol. The van der Waals surface area contributed by atoms with E-state index in [2.05, 4.69) is 15.2 Å². The summed E-state index contributed by atoms with van der Waals surface area (Å²) in [6.45, 7) is 3.82. The third-order valence-electron chi connectivity index (χ3n) is 4.16. The van der Waals surface area contributed by atoms with Crippen molar-refractivity contribution >= 4 is 29.3 Å². The Morgan fingerprint density at radius 2 is 2.08 bits per heavy atom. The number of aromatic nitrogens is 3. The highest BCUT2D eigenvalue weighted by Gasteiger charge is 2.21. The molecule has 0 N–H and O–H groups in total. The second-order valence-corrected chi connectivity index (χ2v) is 7.73. The Morgan fingerprint density at radius 1 is 1.32 bits per heavy atom. The first-order valence-corrected chi connectivity index (χ1v) is 9.86. The lowest BCUT2D eigenvalue weighted by Gasteiger charge is -2.25. The molecule has 0 unspecified atom stereocenters. The molecule has 1 aliphatic rings. The molecule has 0 bridgehead atoms. The maximum absolute atomic E-state index is 12.4. The van der Waals surface area contributed by atoms with Gasteiger partial charge in [-0.3, -0.25) is 9.48 Å². The zero-order valence-electron chi connectivity index (χ0n) is 14.3. The molecular weight excluding hydrogens is 358 g/mol. The third-order valence-corrected chi connectivity index (χ3v) is 5.48. The van der Waals surface area contributed by atoms with E-state index in [1.807, 2.05) is 48.0 Å². The SMILES string of the molecule is CN(CCn1cc(C(=O)N2CCSCC2)nn1)Cc1ccccc1Cl. The van der Waals surface area contributed by atoms with E-state index in [-0.39, 0.29) is 5.91 Å². The molecular formula is C17H22ClN5OS. The van der Waals surface area contributed by atoms with Gasteiger partial charge in [-0.15, -0.1) is 5.10 Å². The highest BCUT2D eigenvalue weighted by Crippen LogP contribution is 2.16. The van der Waals surface area contributed by atoms with E-state index in [0.29, 0.717) is 12.2 Å². The molecule has 1 aromatic carbocycles. The van der Waals surface area contributed by atoms with Gasteiger partial charge in [0.2, 0.25) is 0 Å². The average Bonchev–Trinajstić information content (AvgIpc) is 3.11. The van der Waals surface area contributed by atoms with Crippen LogP contribution < -0.4 is 0 Å². The Hall–Kier alpha value is -1.57. The van der Waals surface area contributed by atoms with E-state index in [4.69, 9.17) is 11.6 Å². The van der Waals surface area contributed by atoms with Gasteiger partial charge in [0, 0.05) is 42.7 Å². The lowest BCUT2D eigenvalue weighted by atomic mass is 10.2. The summed E-state index contributed by atoms with van der Waals surface area (Å²) >= 11 is 8.08. The molecule has 1 saturated heterocycles. The Bertz CT molecular complexity index is 717. The number of amides is 1. The third kappa shape index (κ3) is 4.96. The second-order valence-electron chi connectivity index (χ2n) is 6.10. The van der Waals surface area contributed by atoms with E-state index < -0.39 is 0 Å². The summed E-state index contributed by atoms with van der Waals surface area (Å²) in [5, 5.41) is 8.91. The first-order chi connectivity index (χ1) is 12.1. The number of carbonyl (C=O) groups is 1. The van der Waals surface area contributed by atoms with E-state index in [1.54, 1.807) is 10.9 Å². The molecule has 2 heterocycles. The Labute approximate surface area is 157 Å². The van der Waals surface area contributed by atoms with Crippen LogP contribution >= 0.6 is 23.4 Å². The number of hydrogen-bond acceptors (Lipinski definition) is 5. The summed E-state index contributed by atoms with van der Waals surface area (Å²) in [5.41, 5.74) is 1.53. The number of halogens is 1. The normalized spacial score (nSPS) is 14.9. The minimum atomic E-state index is -0.0176. The fourth-order valence-electron chi connectivity index (χ4n) is 2.70. The summed E-state index contributed by atoms with van der Waals surface area (Å²) in [7, 11) is 2.04. The van der Waals surface area contributed by atoms with Crippen LogP contribution in [-0.4, -0.2) is 68.9 Å². The minimum Gasteiger partial charge on any atom is -0.336 e. The molecule has 6 nitrogen and oxygen atoms in total. The zero-order valence-corrected chi connectivity index (χ0v) is 15.8. The van der Waals surface area contributed by atoms with Crippen molar-refractivity contribution in [3.63, 3.8) is 0 Å². The zero-order chi connectivity index (χ0) is 17.6. The van der Waals surface area contributed by atoms with Crippen molar-refractivity contribution in [3.8, 4) is 0 Å². The fourth-order valence-corrected chi connectivity index (χ4v) is 3.80. The molecule has 0 atom stereocenters. The van der Waals surface area contributed by atoms with Gasteiger partial charge in [0.1, 0.15) is 0 Å². The predicted octanol–water partition coefficient (Wildman–Crippen LogP) is 2.25. The van der Waals surface area contributed by atoms with Crippen molar-refractivity contribution in [1.29, 1.82) is 0 Å². The number of rotatable bonds is 6. The van der Waals surface area contributed by atoms with E-state index >= 15 is 0 Å². The molecule has 1 aliphatic heterocycles. The van der Waals surface area contributed by atoms with Crippen LogP contribution in [0.25, 0.3) is 0 Å². The molecule has 1 amide bonds. The molecule has 0 saturated carbocycles. The number of likely N-dealkylation sites (N-methyl/N-ethyl adjacent to an activating group) is 1. The van der Waals surface area contributed by atoms with Gasteiger partial charge in [0.05, 0.1) is 12.7 Å². The first kappa shape index (κ1) is 18.2. The van der Waals surface area contributed by atoms with Crippen molar-refractivity contribution in [2.24, 2.45) is 0 Å². The molecule has 1 aromatic heterocycles. The highest BCUT2D eigenvalue weighted by molar-refractivity contribution is 7.99. The smallest absolute Gasteiger partial charge is 0.276 e. The molecule has 25 heavy (non-hydrogen) atoms. The largest absolute Gasteiger partial charge is 0.336 e. The van der Waals surface area contributed by atoms with Crippen LogP contribution in [0.3, 0.4) is 0 Å². The number of hydrogen-bond donors (Lipinski definition) is 0. The Kier molecular flexibility index (Phi) is 6.34. The van der Waals surface area contributed by atoms with Gasteiger partial charge in [0.15, 0.2) is 5.69 Å². The summed E-state index contributed by atoms with van der Waals surface area (Å²) in [6, 6.07) is 7.85. The van der Waals surface area contributed by atoms with Crippen LogP contribution in [0.15, 0.2) is 30.5 Å². The summed E-state index contributed by atoms with van der Waals surface area (Å²) in [5.74, 6) is 1.97. The Balaban J connectivity index is 1.51. The van der Waals surface area contributed by atoms with E-state index in [1.165, 1.54) is 0 Å². The molecule has 3 rings (SSSR count). The van der Waals surface area contributed by atoms with Gasteiger partial charge in [-0.1, -0.05) is 35.0 Å². The van der Waals surface area contributed by atoms with Crippen molar-refractivity contribution in [2.75, 3.05) is 38.2 Å². The summed E-state index contributed by atoms with van der Waals surface area (Å²) in [4.78, 5) is 16.4. The van der Waals surface area contributed by atoms with Crippen molar-refractivity contribution in [1.82, 2.24) is 24.8 Å². The predicted molar refractivity (Wildman–Crippen MR) is 101 cm³/mol. The lowest BCUT2D eigenvalue weighted by Crippen LogP contribution is -2.38. The topological polar surface area (TPSA) is 54.3 Å². The minimum absolute atomic E-state index is 0.0176. The molecule has 0 aliphatic carbocycles. The van der Waals surface area contributed by atoms with Gasteiger partial charge in [-0.05, 0) is 18.7 Å². The summed E-state index contributed by atoms with van der Waals surface area (Å²) in [6.07, 6.45) is 1.74. The van der Waals surface area contributed by atoms with Crippen LogP contribution in [0.4, 0.5) is 0 Å². The number of benzene rings is 1. The van der Waals surface area contributed by atoms with Gasteiger partial charge in [-0.25, -0.2) is 0 Å². The van der Waals surface area contributed by atoms with Crippen LogP contribution in [0.2, 0.25) is 5.02 Å². The van der Waals surface area contributed by atoms with Crippen molar-refractivity contribution in [3.05, 3.63) is 46.7 Å². The lowest BCUT2D eigenvalue weighted by molar-refractivity contribution is 0.0766. The number of thioether (sulfide) groups is 1. The molecule has 8 heteroatoms. The maximum atomic E-state index is 12.4. The highest BCUT2D eigenvalue weighted by atomic mass is 35.5. The van der Waals surface area contributed by atoms with E-state index in [0.717, 1.165) is 48.3 Å². The monoisotopic (exact) mass is 379 g/mol. The van der Waals surface area contributed by atoms with Crippen molar-refractivity contribution in [2.45, 2.75) is 13.1 Å². The molecule has 0 radical (unpaired) electrons. The molecule has 2 aromatic rings. The van der Waals surface area contributed by atoms with Crippen molar-refractivity contribution < 1.29 is 4.79 Å². The van der Waals surface area contributed by atoms with Crippen LogP contribution in [0.1, 0.15) is 16.1 Å². The maximum Gasteiger partial charge on any atom is 0.276 e. The molecule has 0 spiro atoms. The van der Waals surface area contributed by atoms with Gasteiger partial charge < -0.3 is 9.80 Å². The molecule has 1 fully saturated rings. The van der Waals surface area contributed by atoms with Gasteiger partial charge in [-0.2, -0.15) is 11.8 Å². The Morgan fingerprint density at radius 3 is 2.84 bits per heavy atom. The van der Waals surface area contributed by atoms with Crippen LogP contribution in [0.5, 0.6) is 0 Å². The van der Waals surface area contributed by atoms with Gasteiger partial charge in [0.25, 0.3) is 5.91 Å². The second kappa shape index (κ2) is 8.69. The van der Waals surface area contributed by atoms with Crippen LogP contribution in [0, 0.1) is 0 Å². The standard InChI is InChI=1S/C17H22ClN5OS/c1-21(12-14-4-2-3-5-15(14)18)6-7-23-13-16(19-20-23)17(24)22-8-10-25-11-9-22/h2-5,13H,6-12H2,1H3. The van der Waals surface area contributed by atoms with Gasteiger partial charge >= 0.3 is 0 Å². The number of carbonyl (C=O) groups excluding carboxylic acids is 1. The van der Waals surface area contributed by atoms with Crippen LogP contribution in [-0.2, 0) is 13.1 Å². The quantitative estimate of drug-likeness (QED) is 0.770. The molecule has 134 valence electrons. The fraction of sp³-hybridized carbons (Fsp3) is 0.471.